The summed E-state index contributed by atoms with van der Waals surface area (Å²) in [5.41, 5.74) is 2.12. The number of aryl methyl sites for hydroxylation is 1. The first-order valence-corrected chi connectivity index (χ1v) is 7.39. The van der Waals surface area contributed by atoms with Crippen LogP contribution < -0.4 is 16.2 Å². The van der Waals surface area contributed by atoms with Gasteiger partial charge in [-0.05, 0) is 37.0 Å². The van der Waals surface area contributed by atoms with Crippen LogP contribution in [0, 0.1) is 0 Å². The predicted octanol–water partition coefficient (Wildman–Crippen LogP) is 2.10. The molecule has 3 rings (SSSR count). The van der Waals surface area contributed by atoms with Crippen LogP contribution in [-0.2, 0) is 12.8 Å². The van der Waals surface area contributed by atoms with Gasteiger partial charge in [0.05, 0.1) is 16.4 Å². The highest BCUT2D eigenvalue weighted by atomic mass is 35.5. The molecule has 1 atom stereocenters. The van der Waals surface area contributed by atoms with Gasteiger partial charge in [0.15, 0.2) is 0 Å². The van der Waals surface area contributed by atoms with Gasteiger partial charge in [-0.2, -0.15) is 5.10 Å². The highest BCUT2D eigenvalue weighted by Crippen LogP contribution is 2.21. The number of aromatic amines is 1. The molecule has 1 aliphatic rings. The van der Waals surface area contributed by atoms with Gasteiger partial charge in [0.2, 0.25) is 0 Å². The Labute approximate surface area is 131 Å². The van der Waals surface area contributed by atoms with Crippen LogP contribution >= 0.6 is 11.6 Å². The van der Waals surface area contributed by atoms with Gasteiger partial charge in [-0.3, -0.25) is 4.79 Å². The lowest BCUT2D eigenvalue weighted by molar-refractivity contribution is 0.247. The lowest BCUT2D eigenvalue weighted by atomic mass is 9.92. The van der Waals surface area contributed by atoms with E-state index in [9.17, 15) is 9.59 Å². The minimum absolute atomic E-state index is 0.0291. The Kier molecular flexibility index (Phi) is 4.11. The standard InChI is InChI=1S/C15H15ClN4O2/c16-11-3-1-2-4-13(11)18-15(22)17-10-5-6-12-9(7-10)8-14(21)20-19-12/h1-4,8,10H,5-7H2,(H,20,21)(H2,17,18,22). The summed E-state index contributed by atoms with van der Waals surface area (Å²) in [5.74, 6) is 0. The predicted molar refractivity (Wildman–Crippen MR) is 84.3 cm³/mol. The number of nitrogens with zero attached hydrogens (tertiary/aromatic N) is 1. The molecule has 1 heterocycles. The van der Waals surface area contributed by atoms with Crippen molar-refractivity contribution in [1.82, 2.24) is 15.5 Å². The number of para-hydroxylation sites is 1. The fourth-order valence-corrected chi connectivity index (χ4v) is 2.75. The third-order valence-electron chi connectivity index (χ3n) is 3.63. The summed E-state index contributed by atoms with van der Waals surface area (Å²) in [6.07, 6.45) is 2.10. The quantitative estimate of drug-likeness (QED) is 0.792. The first-order valence-electron chi connectivity index (χ1n) is 7.01. The Hall–Kier alpha value is -2.34. The lowest BCUT2D eigenvalue weighted by Gasteiger charge is -2.24. The molecule has 2 aromatic rings. The van der Waals surface area contributed by atoms with Crippen molar-refractivity contribution in [1.29, 1.82) is 0 Å². The number of urea groups is 1. The molecule has 3 N–H and O–H groups in total. The van der Waals surface area contributed by atoms with Crippen LogP contribution in [0.25, 0.3) is 0 Å². The number of hydrogen-bond donors (Lipinski definition) is 3. The molecule has 1 aromatic carbocycles. The zero-order valence-electron chi connectivity index (χ0n) is 11.7. The van der Waals surface area contributed by atoms with Gasteiger partial charge in [0, 0.05) is 12.1 Å². The fourth-order valence-electron chi connectivity index (χ4n) is 2.57. The van der Waals surface area contributed by atoms with Crippen LogP contribution in [0.2, 0.25) is 5.02 Å². The van der Waals surface area contributed by atoms with E-state index in [0.717, 1.165) is 24.1 Å². The summed E-state index contributed by atoms with van der Waals surface area (Å²) in [7, 11) is 0. The molecular formula is C15H15ClN4O2. The Morgan fingerprint density at radius 3 is 3.00 bits per heavy atom. The molecule has 0 aliphatic heterocycles. The largest absolute Gasteiger partial charge is 0.335 e. The molecule has 1 unspecified atom stereocenters. The summed E-state index contributed by atoms with van der Waals surface area (Å²) in [6.45, 7) is 0. The molecule has 0 bridgehead atoms. The van der Waals surface area contributed by atoms with Gasteiger partial charge < -0.3 is 10.6 Å². The number of nitrogens with one attached hydrogen (secondary N) is 3. The Morgan fingerprint density at radius 1 is 1.36 bits per heavy atom. The number of aromatic nitrogens is 2. The molecule has 1 aliphatic carbocycles. The summed E-state index contributed by atoms with van der Waals surface area (Å²) >= 11 is 6.01. The zero-order chi connectivity index (χ0) is 15.5. The number of H-pyrrole nitrogens is 1. The van der Waals surface area contributed by atoms with E-state index in [0.29, 0.717) is 17.1 Å². The topological polar surface area (TPSA) is 86.9 Å². The monoisotopic (exact) mass is 318 g/mol. The molecule has 6 nitrogen and oxygen atoms in total. The zero-order valence-corrected chi connectivity index (χ0v) is 12.5. The van der Waals surface area contributed by atoms with Crippen molar-refractivity contribution >= 4 is 23.3 Å². The van der Waals surface area contributed by atoms with Crippen LogP contribution in [0.5, 0.6) is 0 Å². The first-order chi connectivity index (χ1) is 10.6. The molecule has 22 heavy (non-hydrogen) atoms. The molecule has 2 amide bonds. The number of rotatable bonds is 2. The Morgan fingerprint density at radius 2 is 2.18 bits per heavy atom. The molecule has 7 heteroatoms. The number of carbonyl (C=O) groups is 1. The van der Waals surface area contributed by atoms with Gasteiger partial charge in [-0.1, -0.05) is 23.7 Å². The van der Waals surface area contributed by atoms with Crippen LogP contribution in [0.1, 0.15) is 17.7 Å². The number of halogens is 1. The van der Waals surface area contributed by atoms with Gasteiger partial charge in [-0.25, -0.2) is 9.89 Å². The molecule has 0 saturated heterocycles. The van der Waals surface area contributed by atoms with Crippen molar-refractivity contribution in [3.05, 3.63) is 57.0 Å². The van der Waals surface area contributed by atoms with Crippen LogP contribution in [0.3, 0.4) is 0 Å². The van der Waals surface area contributed by atoms with Crippen molar-refractivity contribution in [2.24, 2.45) is 0 Å². The van der Waals surface area contributed by atoms with Crippen LogP contribution in [0.4, 0.5) is 10.5 Å². The van der Waals surface area contributed by atoms with E-state index in [-0.39, 0.29) is 17.6 Å². The van der Waals surface area contributed by atoms with Crippen LogP contribution in [-0.4, -0.2) is 22.3 Å². The summed E-state index contributed by atoms with van der Waals surface area (Å²) in [5, 5.41) is 12.6. The third-order valence-corrected chi connectivity index (χ3v) is 3.96. The molecule has 0 saturated carbocycles. The average molecular weight is 319 g/mol. The number of fused-ring (bicyclic) bond motifs is 1. The molecule has 0 radical (unpaired) electrons. The van der Waals surface area contributed by atoms with E-state index in [1.165, 1.54) is 0 Å². The Balaban J connectivity index is 1.63. The maximum atomic E-state index is 12.0. The number of carbonyl (C=O) groups excluding carboxylic acids is 1. The minimum Gasteiger partial charge on any atom is -0.335 e. The second-order valence-electron chi connectivity index (χ2n) is 5.22. The van der Waals surface area contributed by atoms with Gasteiger partial charge in [0.25, 0.3) is 5.56 Å². The SMILES string of the molecule is O=C(Nc1ccccc1Cl)NC1CCc2n[nH]c(=O)cc2C1. The van der Waals surface area contributed by atoms with Crippen LogP contribution in [0.15, 0.2) is 35.1 Å². The van der Waals surface area contributed by atoms with E-state index in [1.54, 1.807) is 30.3 Å². The third kappa shape index (κ3) is 3.28. The van der Waals surface area contributed by atoms with Crippen molar-refractivity contribution < 1.29 is 4.79 Å². The molecule has 0 spiro atoms. The van der Waals surface area contributed by atoms with E-state index in [1.807, 2.05) is 0 Å². The van der Waals surface area contributed by atoms with Crippen molar-refractivity contribution in [2.45, 2.75) is 25.3 Å². The smallest absolute Gasteiger partial charge is 0.319 e. The number of hydrogen-bond acceptors (Lipinski definition) is 3. The van der Waals surface area contributed by atoms with Crippen molar-refractivity contribution in [3.63, 3.8) is 0 Å². The minimum atomic E-state index is -0.306. The highest BCUT2D eigenvalue weighted by Gasteiger charge is 2.21. The highest BCUT2D eigenvalue weighted by molar-refractivity contribution is 6.33. The second kappa shape index (κ2) is 6.19. The normalized spacial score (nSPS) is 16.7. The van der Waals surface area contributed by atoms with E-state index < -0.39 is 0 Å². The number of anilines is 1. The molecule has 114 valence electrons. The van der Waals surface area contributed by atoms with Gasteiger partial charge >= 0.3 is 6.03 Å². The maximum absolute atomic E-state index is 12.0. The molecular weight excluding hydrogens is 304 g/mol. The second-order valence-corrected chi connectivity index (χ2v) is 5.63. The Bertz CT molecular complexity index is 759. The molecule has 1 aromatic heterocycles. The van der Waals surface area contributed by atoms with E-state index in [2.05, 4.69) is 20.8 Å². The maximum Gasteiger partial charge on any atom is 0.319 e. The summed E-state index contributed by atoms with van der Waals surface area (Å²) < 4.78 is 0. The summed E-state index contributed by atoms with van der Waals surface area (Å²) in [4.78, 5) is 23.4. The fraction of sp³-hybridized carbons (Fsp3) is 0.267. The van der Waals surface area contributed by atoms with E-state index >= 15 is 0 Å². The lowest BCUT2D eigenvalue weighted by Crippen LogP contribution is -2.41. The van der Waals surface area contributed by atoms with Gasteiger partial charge in [-0.15, -0.1) is 0 Å². The summed E-state index contributed by atoms with van der Waals surface area (Å²) in [6, 6.07) is 8.26. The van der Waals surface area contributed by atoms with Crippen molar-refractivity contribution in [3.8, 4) is 0 Å². The van der Waals surface area contributed by atoms with Gasteiger partial charge in [0.1, 0.15) is 0 Å². The van der Waals surface area contributed by atoms with E-state index in [4.69, 9.17) is 11.6 Å². The first kappa shape index (κ1) is 14.6. The van der Waals surface area contributed by atoms with Crippen molar-refractivity contribution in [2.75, 3.05) is 5.32 Å². The number of amides is 2. The average Bonchev–Trinajstić information content (AvgIpc) is 2.49. The molecule has 0 fully saturated rings. The number of benzene rings is 1.